The van der Waals surface area contributed by atoms with Gasteiger partial charge in [-0.25, -0.2) is 0 Å². The van der Waals surface area contributed by atoms with E-state index >= 15 is 0 Å². The molecule has 0 saturated heterocycles. The van der Waals surface area contributed by atoms with Gasteiger partial charge in [0.05, 0.1) is 5.02 Å². The van der Waals surface area contributed by atoms with Gasteiger partial charge in [-0.05, 0) is 24.3 Å². The Morgan fingerprint density at radius 2 is 1.62 bits per heavy atom. The van der Waals surface area contributed by atoms with Crippen LogP contribution in [-0.4, -0.2) is 0 Å². The van der Waals surface area contributed by atoms with Crippen molar-refractivity contribution in [2.45, 2.75) is 0 Å². The smallest absolute Gasteiger partial charge is 0.188 e. The van der Waals surface area contributed by atoms with E-state index in [2.05, 4.69) is 15.9 Å². The van der Waals surface area contributed by atoms with Crippen LogP contribution in [0.5, 0.6) is 23.0 Å². The van der Waals surface area contributed by atoms with E-state index in [1.165, 1.54) is 0 Å². The Balaban J connectivity index is 2.15. The van der Waals surface area contributed by atoms with Crippen molar-refractivity contribution in [3.63, 3.8) is 0 Å². The molecule has 4 heteroatoms. The summed E-state index contributed by atoms with van der Waals surface area (Å²) in [5.74, 6) is 2.56. The molecule has 0 saturated carbocycles. The van der Waals surface area contributed by atoms with Crippen LogP contribution in [0.25, 0.3) is 0 Å². The summed E-state index contributed by atoms with van der Waals surface area (Å²) in [5.41, 5.74) is 0. The van der Waals surface area contributed by atoms with Crippen LogP contribution in [0, 0.1) is 0 Å². The number of hydrogen-bond acceptors (Lipinski definition) is 2. The number of benzene rings is 2. The van der Waals surface area contributed by atoms with Crippen molar-refractivity contribution < 1.29 is 9.47 Å². The highest BCUT2D eigenvalue weighted by atomic mass is 79.9. The van der Waals surface area contributed by atoms with E-state index in [-0.39, 0.29) is 0 Å². The number of ether oxygens (including phenoxy) is 2. The number of fused-ring (bicyclic) bond motifs is 2. The van der Waals surface area contributed by atoms with Gasteiger partial charge in [-0.1, -0.05) is 39.7 Å². The standard InChI is InChI=1S/C12H6BrClO2/c13-7-5-8(14)12-11(6-7)15-9-3-1-2-4-10(9)16-12/h1-6H. The molecule has 0 bridgehead atoms. The molecule has 16 heavy (non-hydrogen) atoms. The zero-order chi connectivity index (χ0) is 11.1. The van der Waals surface area contributed by atoms with E-state index < -0.39 is 0 Å². The maximum absolute atomic E-state index is 6.08. The van der Waals surface area contributed by atoms with E-state index in [9.17, 15) is 0 Å². The Morgan fingerprint density at radius 1 is 0.938 bits per heavy atom. The average molecular weight is 298 g/mol. The molecule has 2 nitrogen and oxygen atoms in total. The second-order valence-electron chi connectivity index (χ2n) is 3.37. The predicted molar refractivity (Wildman–Crippen MR) is 65.7 cm³/mol. The molecule has 0 N–H and O–H groups in total. The van der Waals surface area contributed by atoms with Gasteiger partial charge in [0.1, 0.15) is 0 Å². The summed E-state index contributed by atoms with van der Waals surface area (Å²) in [6.45, 7) is 0. The summed E-state index contributed by atoms with van der Waals surface area (Å²) < 4.78 is 12.2. The van der Waals surface area contributed by atoms with Crippen molar-refractivity contribution >= 4 is 27.5 Å². The van der Waals surface area contributed by atoms with E-state index in [0.29, 0.717) is 28.0 Å². The first kappa shape index (κ1) is 10.00. The molecule has 1 heterocycles. The van der Waals surface area contributed by atoms with Crippen LogP contribution in [0.15, 0.2) is 40.9 Å². The van der Waals surface area contributed by atoms with Gasteiger partial charge in [0.15, 0.2) is 23.0 Å². The maximum Gasteiger partial charge on any atom is 0.188 e. The first-order valence-electron chi connectivity index (χ1n) is 4.68. The van der Waals surface area contributed by atoms with Gasteiger partial charge in [0.25, 0.3) is 0 Å². The zero-order valence-corrected chi connectivity index (χ0v) is 10.4. The van der Waals surface area contributed by atoms with Crippen molar-refractivity contribution in [3.8, 4) is 23.0 Å². The number of para-hydroxylation sites is 2. The normalized spacial score (nSPS) is 12.1. The molecule has 2 aromatic carbocycles. The van der Waals surface area contributed by atoms with Gasteiger partial charge in [0.2, 0.25) is 0 Å². The fourth-order valence-corrected chi connectivity index (χ4v) is 2.38. The molecule has 0 spiro atoms. The lowest BCUT2D eigenvalue weighted by Gasteiger charge is -2.21. The first-order chi connectivity index (χ1) is 7.74. The minimum atomic E-state index is 0.527. The Labute approximate surface area is 106 Å². The molecule has 0 radical (unpaired) electrons. The molecule has 0 aromatic heterocycles. The fourth-order valence-electron chi connectivity index (χ4n) is 1.56. The first-order valence-corrected chi connectivity index (χ1v) is 5.85. The van der Waals surface area contributed by atoms with Crippen LogP contribution in [0.1, 0.15) is 0 Å². The summed E-state index contributed by atoms with van der Waals surface area (Å²) in [7, 11) is 0. The Kier molecular flexibility index (Phi) is 2.30. The molecular formula is C12H6BrClO2. The molecule has 2 aromatic rings. The molecule has 0 atom stereocenters. The lowest BCUT2D eigenvalue weighted by atomic mass is 10.2. The van der Waals surface area contributed by atoms with E-state index in [0.717, 1.165) is 4.47 Å². The molecule has 0 unspecified atom stereocenters. The number of halogens is 2. The minimum absolute atomic E-state index is 0.527. The van der Waals surface area contributed by atoms with Crippen molar-refractivity contribution in [2.24, 2.45) is 0 Å². The van der Waals surface area contributed by atoms with Crippen LogP contribution in [-0.2, 0) is 0 Å². The maximum atomic E-state index is 6.08. The van der Waals surface area contributed by atoms with Crippen LogP contribution in [0.4, 0.5) is 0 Å². The van der Waals surface area contributed by atoms with Gasteiger partial charge in [0, 0.05) is 4.47 Å². The summed E-state index contributed by atoms with van der Waals surface area (Å²) in [6, 6.07) is 11.1. The van der Waals surface area contributed by atoms with Gasteiger partial charge in [-0.2, -0.15) is 0 Å². The monoisotopic (exact) mass is 296 g/mol. The fraction of sp³-hybridized carbons (Fsp3) is 0. The third kappa shape index (κ3) is 1.56. The number of rotatable bonds is 0. The largest absolute Gasteiger partial charge is 0.449 e. The lowest BCUT2D eigenvalue weighted by Crippen LogP contribution is -1.99. The van der Waals surface area contributed by atoms with Crippen molar-refractivity contribution in [1.82, 2.24) is 0 Å². The molecule has 80 valence electrons. The second kappa shape index (κ2) is 3.68. The molecule has 1 aliphatic rings. The topological polar surface area (TPSA) is 18.5 Å². The highest BCUT2D eigenvalue weighted by Crippen LogP contribution is 2.49. The molecule has 0 aliphatic carbocycles. The summed E-state index contributed by atoms with van der Waals surface area (Å²) in [6.07, 6.45) is 0. The van der Waals surface area contributed by atoms with E-state index in [1.54, 1.807) is 6.07 Å². The molecule has 3 rings (SSSR count). The summed E-state index contributed by atoms with van der Waals surface area (Å²) in [5, 5.41) is 0.527. The van der Waals surface area contributed by atoms with Gasteiger partial charge < -0.3 is 9.47 Å². The van der Waals surface area contributed by atoms with Crippen LogP contribution >= 0.6 is 27.5 Å². The average Bonchev–Trinajstić information content (AvgIpc) is 2.27. The van der Waals surface area contributed by atoms with Crippen LogP contribution in [0.3, 0.4) is 0 Å². The van der Waals surface area contributed by atoms with E-state index in [1.807, 2.05) is 30.3 Å². The Morgan fingerprint density at radius 3 is 2.38 bits per heavy atom. The minimum Gasteiger partial charge on any atom is -0.449 e. The molecule has 0 fully saturated rings. The van der Waals surface area contributed by atoms with Crippen LogP contribution < -0.4 is 9.47 Å². The van der Waals surface area contributed by atoms with Gasteiger partial charge in [-0.3, -0.25) is 0 Å². The molecule has 1 aliphatic heterocycles. The lowest BCUT2D eigenvalue weighted by molar-refractivity contribution is 0.359. The zero-order valence-electron chi connectivity index (χ0n) is 8.04. The van der Waals surface area contributed by atoms with Gasteiger partial charge in [-0.15, -0.1) is 0 Å². The van der Waals surface area contributed by atoms with E-state index in [4.69, 9.17) is 21.1 Å². The molecular weight excluding hydrogens is 291 g/mol. The third-order valence-corrected chi connectivity index (χ3v) is 2.99. The number of hydrogen-bond donors (Lipinski definition) is 0. The quantitative estimate of drug-likeness (QED) is 0.581. The van der Waals surface area contributed by atoms with Crippen molar-refractivity contribution in [1.29, 1.82) is 0 Å². The predicted octanol–water partition coefficient (Wildman–Crippen LogP) is 5.00. The van der Waals surface area contributed by atoms with Crippen molar-refractivity contribution in [3.05, 3.63) is 45.9 Å². The van der Waals surface area contributed by atoms with Crippen molar-refractivity contribution in [2.75, 3.05) is 0 Å². The highest BCUT2D eigenvalue weighted by Gasteiger charge is 2.21. The summed E-state index contributed by atoms with van der Waals surface area (Å²) in [4.78, 5) is 0. The Bertz CT molecular complexity index is 569. The highest BCUT2D eigenvalue weighted by molar-refractivity contribution is 9.10. The third-order valence-electron chi connectivity index (χ3n) is 2.26. The Hall–Kier alpha value is -1.19. The summed E-state index contributed by atoms with van der Waals surface area (Å²) >= 11 is 9.44. The molecule has 0 amide bonds. The SMILES string of the molecule is Clc1cc(Br)cc2c1Oc1ccccc1O2. The van der Waals surface area contributed by atoms with Crippen LogP contribution in [0.2, 0.25) is 5.02 Å². The second-order valence-corrected chi connectivity index (χ2v) is 4.69. The van der Waals surface area contributed by atoms with Gasteiger partial charge >= 0.3 is 0 Å².